The Bertz CT molecular complexity index is 612. The molecular weight excluding hydrogens is 340 g/mol. The average Bonchev–Trinajstić information content (AvgIpc) is 2.54. The highest BCUT2D eigenvalue weighted by atomic mass is 79.9. The molecule has 1 aliphatic rings. The van der Waals surface area contributed by atoms with E-state index in [1.807, 2.05) is 0 Å². The van der Waals surface area contributed by atoms with Crippen molar-refractivity contribution in [3.8, 4) is 5.75 Å². The molecule has 1 saturated heterocycles. The van der Waals surface area contributed by atoms with Crippen LogP contribution in [0.4, 0.5) is 0 Å². The zero-order valence-corrected chi connectivity index (χ0v) is 12.0. The third kappa shape index (κ3) is 3.26. The maximum atomic E-state index is 11.4. The summed E-state index contributed by atoms with van der Waals surface area (Å²) in [5.41, 5.74) is -0.0918. The lowest BCUT2D eigenvalue weighted by Gasteiger charge is -2.17. The van der Waals surface area contributed by atoms with Crippen molar-refractivity contribution in [1.29, 1.82) is 0 Å². The third-order valence-corrected chi connectivity index (χ3v) is 4.90. The Hall–Kier alpha value is -1.12. The largest absolute Gasteiger partial charge is 0.486 e. The lowest BCUT2D eigenvalue weighted by atomic mass is 10.2. The van der Waals surface area contributed by atoms with Crippen LogP contribution in [-0.2, 0) is 9.84 Å². The topological polar surface area (TPSA) is 101 Å². The first-order chi connectivity index (χ1) is 8.78. The number of hydrogen-bond acceptors (Lipinski definition) is 5. The molecule has 0 saturated carbocycles. The lowest BCUT2D eigenvalue weighted by molar-refractivity contribution is 0.0636. The van der Waals surface area contributed by atoms with E-state index in [0.29, 0.717) is 4.47 Å². The molecule has 1 aromatic rings. The molecule has 0 aliphatic carbocycles. The minimum Gasteiger partial charge on any atom is -0.486 e. The number of aliphatic hydroxyl groups is 1. The number of aromatic carboxylic acids is 1. The zero-order chi connectivity index (χ0) is 14.2. The van der Waals surface area contributed by atoms with Crippen molar-refractivity contribution in [2.45, 2.75) is 12.2 Å². The van der Waals surface area contributed by atoms with Gasteiger partial charge in [0.1, 0.15) is 23.5 Å². The van der Waals surface area contributed by atoms with Crippen molar-refractivity contribution >= 4 is 31.7 Å². The maximum absolute atomic E-state index is 11.4. The number of aliphatic hydroxyl groups excluding tert-OH is 1. The second kappa shape index (κ2) is 5.10. The van der Waals surface area contributed by atoms with Crippen molar-refractivity contribution in [2.75, 3.05) is 11.5 Å². The second-order valence-electron chi connectivity index (χ2n) is 4.25. The SMILES string of the molecule is O=C(O)c1cc(Br)ccc1OC1CS(=O)(=O)CC1O. The summed E-state index contributed by atoms with van der Waals surface area (Å²) in [5, 5.41) is 18.7. The molecule has 2 unspecified atom stereocenters. The molecule has 0 bridgehead atoms. The first-order valence-electron chi connectivity index (χ1n) is 5.36. The standard InChI is InChI=1S/C11H11BrO6S/c12-6-1-2-9(7(3-6)11(14)15)18-10-5-19(16,17)4-8(10)13/h1-3,8,10,13H,4-5H2,(H,14,15). The molecule has 0 radical (unpaired) electrons. The number of benzene rings is 1. The molecule has 0 aromatic heterocycles. The number of ether oxygens (including phenoxy) is 1. The molecule has 6 nitrogen and oxygen atoms in total. The van der Waals surface area contributed by atoms with Gasteiger partial charge in [-0.3, -0.25) is 0 Å². The third-order valence-electron chi connectivity index (χ3n) is 2.72. The molecule has 1 aliphatic heterocycles. The second-order valence-corrected chi connectivity index (χ2v) is 7.32. The Morgan fingerprint density at radius 3 is 2.58 bits per heavy atom. The number of hydrogen-bond donors (Lipinski definition) is 2. The minimum absolute atomic E-state index is 0.0388. The van der Waals surface area contributed by atoms with E-state index in [2.05, 4.69) is 15.9 Å². The van der Waals surface area contributed by atoms with E-state index in [9.17, 15) is 18.3 Å². The van der Waals surface area contributed by atoms with Gasteiger partial charge in [0.2, 0.25) is 0 Å². The fourth-order valence-electron chi connectivity index (χ4n) is 1.84. The van der Waals surface area contributed by atoms with Crippen LogP contribution < -0.4 is 4.74 Å². The normalized spacial score (nSPS) is 25.2. The molecule has 1 fully saturated rings. The molecule has 0 spiro atoms. The molecule has 2 N–H and O–H groups in total. The van der Waals surface area contributed by atoms with Gasteiger partial charge in [0, 0.05) is 4.47 Å². The monoisotopic (exact) mass is 350 g/mol. The van der Waals surface area contributed by atoms with Gasteiger partial charge in [0.05, 0.1) is 11.5 Å². The summed E-state index contributed by atoms with van der Waals surface area (Å²) in [6.07, 6.45) is -2.08. The highest BCUT2D eigenvalue weighted by molar-refractivity contribution is 9.10. The van der Waals surface area contributed by atoms with Crippen LogP contribution >= 0.6 is 15.9 Å². The van der Waals surface area contributed by atoms with Crippen LogP contribution in [0.3, 0.4) is 0 Å². The van der Waals surface area contributed by atoms with E-state index >= 15 is 0 Å². The Balaban J connectivity index is 2.27. The molecule has 2 atom stereocenters. The van der Waals surface area contributed by atoms with Crippen LogP contribution in [0.15, 0.2) is 22.7 Å². The Morgan fingerprint density at radius 1 is 1.37 bits per heavy atom. The van der Waals surface area contributed by atoms with Gasteiger partial charge in [-0.05, 0) is 18.2 Å². The molecule has 8 heteroatoms. The summed E-state index contributed by atoms with van der Waals surface area (Å²) >= 11 is 3.14. The number of carbonyl (C=O) groups is 1. The first-order valence-corrected chi connectivity index (χ1v) is 7.98. The van der Waals surface area contributed by atoms with Gasteiger partial charge in [0.25, 0.3) is 0 Å². The molecule has 104 valence electrons. The molecule has 1 heterocycles. The van der Waals surface area contributed by atoms with Crippen LogP contribution in [0.2, 0.25) is 0 Å². The average molecular weight is 351 g/mol. The van der Waals surface area contributed by atoms with E-state index in [1.165, 1.54) is 12.1 Å². The van der Waals surface area contributed by atoms with Crippen LogP contribution in [0.1, 0.15) is 10.4 Å². The van der Waals surface area contributed by atoms with Crippen molar-refractivity contribution in [3.05, 3.63) is 28.2 Å². The van der Waals surface area contributed by atoms with Gasteiger partial charge >= 0.3 is 5.97 Å². The van der Waals surface area contributed by atoms with Crippen molar-refractivity contribution in [2.24, 2.45) is 0 Å². The highest BCUT2D eigenvalue weighted by Crippen LogP contribution is 2.26. The number of carboxylic acid groups (broad SMARTS) is 1. The van der Waals surface area contributed by atoms with Gasteiger partial charge < -0.3 is 14.9 Å². The van der Waals surface area contributed by atoms with Gasteiger partial charge in [0.15, 0.2) is 9.84 Å². The number of carboxylic acids is 1. The predicted octanol–water partition coefficient (Wildman–Crippen LogP) is 0.684. The number of rotatable bonds is 3. The Labute approximate surface area is 118 Å². The van der Waals surface area contributed by atoms with Crippen molar-refractivity contribution in [1.82, 2.24) is 0 Å². The fourth-order valence-corrected chi connectivity index (χ4v) is 3.87. The van der Waals surface area contributed by atoms with Gasteiger partial charge in [-0.2, -0.15) is 0 Å². The molecule has 2 rings (SSSR count). The summed E-state index contributed by atoms with van der Waals surface area (Å²) in [6.45, 7) is 0. The van der Waals surface area contributed by atoms with Gasteiger partial charge in [-0.1, -0.05) is 15.9 Å². The van der Waals surface area contributed by atoms with Gasteiger partial charge in [-0.25, -0.2) is 13.2 Å². The van der Waals surface area contributed by atoms with Crippen LogP contribution in [0.25, 0.3) is 0 Å². The zero-order valence-electron chi connectivity index (χ0n) is 9.61. The molecule has 19 heavy (non-hydrogen) atoms. The lowest BCUT2D eigenvalue weighted by Crippen LogP contribution is -2.30. The first kappa shape index (κ1) is 14.3. The summed E-state index contributed by atoms with van der Waals surface area (Å²) in [4.78, 5) is 11.1. The number of sulfone groups is 1. The van der Waals surface area contributed by atoms with Crippen LogP contribution in [0, 0.1) is 0 Å². The highest BCUT2D eigenvalue weighted by Gasteiger charge is 2.38. The summed E-state index contributed by atoms with van der Waals surface area (Å²) in [7, 11) is -3.34. The predicted molar refractivity (Wildman–Crippen MR) is 70.2 cm³/mol. The van der Waals surface area contributed by atoms with E-state index in [-0.39, 0.29) is 22.8 Å². The summed E-state index contributed by atoms with van der Waals surface area (Å²) in [6, 6.07) is 4.36. The van der Waals surface area contributed by atoms with Crippen molar-refractivity contribution in [3.63, 3.8) is 0 Å². The Morgan fingerprint density at radius 2 is 2.05 bits per heavy atom. The maximum Gasteiger partial charge on any atom is 0.339 e. The van der Waals surface area contributed by atoms with E-state index in [0.717, 1.165) is 0 Å². The quantitative estimate of drug-likeness (QED) is 0.831. The van der Waals surface area contributed by atoms with Crippen LogP contribution in [0.5, 0.6) is 5.75 Å². The molecule has 1 aromatic carbocycles. The van der Waals surface area contributed by atoms with E-state index in [1.54, 1.807) is 6.07 Å². The van der Waals surface area contributed by atoms with E-state index in [4.69, 9.17) is 9.84 Å². The summed E-state index contributed by atoms with van der Waals surface area (Å²) in [5.74, 6) is -1.83. The fraction of sp³-hybridized carbons (Fsp3) is 0.364. The number of halogens is 1. The van der Waals surface area contributed by atoms with Gasteiger partial charge in [-0.15, -0.1) is 0 Å². The smallest absolute Gasteiger partial charge is 0.339 e. The molecular formula is C11H11BrO6S. The van der Waals surface area contributed by atoms with Crippen LogP contribution in [-0.4, -0.2) is 48.3 Å². The Kier molecular flexibility index (Phi) is 3.84. The minimum atomic E-state index is -3.34. The summed E-state index contributed by atoms with van der Waals surface area (Å²) < 4.78 is 28.6. The van der Waals surface area contributed by atoms with Crippen molar-refractivity contribution < 1.29 is 28.2 Å². The van der Waals surface area contributed by atoms with E-state index < -0.39 is 28.0 Å². The molecule has 0 amide bonds.